The quantitative estimate of drug-likeness (QED) is 0.241. The van der Waals surface area contributed by atoms with E-state index in [4.69, 9.17) is 17.5 Å². The molecule has 3 N–H and O–H groups in total. The second-order valence-corrected chi connectivity index (χ2v) is 3.78. The number of nitriles is 1. The number of hydrogen-bond donors (Lipinski definition) is 3. The van der Waals surface area contributed by atoms with Gasteiger partial charge in [0, 0.05) is 19.2 Å². The van der Waals surface area contributed by atoms with Gasteiger partial charge in [-0.05, 0) is 13.3 Å². The van der Waals surface area contributed by atoms with E-state index in [9.17, 15) is 0 Å². The Labute approximate surface area is 105 Å². The van der Waals surface area contributed by atoms with Crippen molar-refractivity contribution in [2.75, 3.05) is 7.05 Å². The second-order valence-electron chi connectivity index (χ2n) is 3.31. The van der Waals surface area contributed by atoms with E-state index < -0.39 is 0 Å². The smallest absolute Gasteiger partial charge is 0.210 e. The summed E-state index contributed by atoms with van der Waals surface area (Å²) >= 11 is 5.12. The summed E-state index contributed by atoms with van der Waals surface area (Å²) < 4.78 is 0. The summed E-state index contributed by atoms with van der Waals surface area (Å²) in [6.45, 7) is 1.94. The van der Waals surface area contributed by atoms with Gasteiger partial charge in [-0.25, -0.2) is 9.98 Å². The Morgan fingerprint density at radius 1 is 1.71 bits per heavy atom. The average molecular weight is 250 g/mol. The molecule has 0 atom stereocenters. The fourth-order valence-electron chi connectivity index (χ4n) is 1.25. The molecule has 7 heteroatoms. The molecule has 0 spiro atoms. The molecule has 0 amide bonds. The topological polar surface area (TPSA) is 88.9 Å². The van der Waals surface area contributed by atoms with Crippen LogP contribution in [0.1, 0.15) is 17.8 Å². The zero-order valence-corrected chi connectivity index (χ0v) is 10.6. The number of aromatic nitrogens is 2. The molecule has 1 aromatic heterocycles. The number of nitrogens with zero attached hydrogens (tertiary/aromatic N) is 3. The van der Waals surface area contributed by atoms with Crippen molar-refractivity contribution in [1.82, 2.24) is 20.6 Å². The van der Waals surface area contributed by atoms with E-state index in [2.05, 4.69) is 25.6 Å². The fourth-order valence-corrected chi connectivity index (χ4v) is 1.45. The van der Waals surface area contributed by atoms with Crippen LogP contribution in [0.25, 0.3) is 0 Å². The molecule has 0 bridgehead atoms. The number of aryl methyl sites for hydroxylation is 2. The summed E-state index contributed by atoms with van der Waals surface area (Å²) in [4.78, 5) is 11.8. The molecule has 90 valence electrons. The van der Waals surface area contributed by atoms with Crippen molar-refractivity contribution in [3.8, 4) is 6.19 Å². The predicted octanol–water partition coefficient (Wildman–Crippen LogP) is 0.624. The Morgan fingerprint density at radius 3 is 3.00 bits per heavy atom. The molecule has 0 aromatic carbocycles. The van der Waals surface area contributed by atoms with E-state index in [0.29, 0.717) is 17.4 Å². The summed E-state index contributed by atoms with van der Waals surface area (Å²) in [5, 5.41) is 13.6. The van der Waals surface area contributed by atoms with Gasteiger partial charge in [0.1, 0.15) is 4.99 Å². The van der Waals surface area contributed by atoms with Crippen LogP contribution in [0.4, 0.5) is 0 Å². The molecule has 1 heterocycles. The van der Waals surface area contributed by atoms with Gasteiger partial charge >= 0.3 is 0 Å². The number of hydrogen-bond acceptors (Lipinski definition) is 3. The van der Waals surface area contributed by atoms with Crippen molar-refractivity contribution in [1.29, 1.82) is 5.26 Å². The molecule has 6 nitrogen and oxygen atoms in total. The largest absolute Gasteiger partial charge is 0.358 e. The molecule has 0 radical (unpaired) electrons. The van der Waals surface area contributed by atoms with Gasteiger partial charge in [-0.1, -0.05) is 12.2 Å². The van der Waals surface area contributed by atoms with Crippen LogP contribution in [0.15, 0.2) is 11.3 Å². The number of H-pyrrole nitrogens is 1. The zero-order chi connectivity index (χ0) is 12.7. The lowest BCUT2D eigenvalue weighted by Gasteiger charge is -2.03. The highest BCUT2D eigenvalue weighted by Crippen LogP contribution is 2.05. The van der Waals surface area contributed by atoms with Gasteiger partial charge in [0.2, 0.25) is 5.96 Å². The molecule has 0 aliphatic rings. The lowest BCUT2D eigenvalue weighted by molar-refractivity contribution is 0.970. The SMILES string of the molecule is CNC(=NC(=S)CCc1[nH]cnc1C)NC#N. The van der Waals surface area contributed by atoms with Gasteiger partial charge in [-0.3, -0.25) is 5.32 Å². The predicted molar refractivity (Wildman–Crippen MR) is 69.5 cm³/mol. The molecule has 0 saturated carbocycles. The number of aromatic amines is 1. The van der Waals surface area contributed by atoms with E-state index in [0.717, 1.165) is 17.8 Å². The first-order valence-corrected chi connectivity index (χ1v) is 5.51. The number of imidazole rings is 1. The average Bonchev–Trinajstić information content (AvgIpc) is 2.71. The zero-order valence-electron chi connectivity index (χ0n) is 9.74. The Hall–Kier alpha value is -1.94. The highest BCUT2D eigenvalue weighted by Gasteiger charge is 2.03. The van der Waals surface area contributed by atoms with Crippen molar-refractivity contribution in [3.05, 3.63) is 17.7 Å². The maximum absolute atomic E-state index is 8.46. The lowest BCUT2D eigenvalue weighted by atomic mass is 10.2. The van der Waals surface area contributed by atoms with Gasteiger partial charge in [0.15, 0.2) is 6.19 Å². The molecular weight excluding hydrogens is 236 g/mol. The molecular formula is C10H14N6S. The maximum atomic E-state index is 8.46. The minimum atomic E-state index is 0.360. The molecule has 1 rings (SSSR count). The molecule has 17 heavy (non-hydrogen) atoms. The highest BCUT2D eigenvalue weighted by molar-refractivity contribution is 7.80. The molecule has 0 unspecified atom stereocenters. The first kappa shape index (κ1) is 13.1. The second kappa shape index (κ2) is 6.60. The van der Waals surface area contributed by atoms with Crippen molar-refractivity contribution >= 4 is 23.2 Å². The van der Waals surface area contributed by atoms with Crippen LogP contribution in [0.3, 0.4) is 0 Å². The van der Waals surface area contributed by atoms with Crippen LogP contribution in [0.2, 0.25) is 0 Å². The van der Waals surface area contributed by atoms with Gasteiger partial charge in [-0.15, -0.1) is 0 Å². The molecule has 1 aromatic rings. The van der Waals surface area contributed by atoms with Gasteiger partial charge in [0.25, 0.3) is 0 Å². The van der Waals surface area contributed by atoms with Crippen LogP contribution in [-0.2, 0) is 6.42 Å². The summed E-state index contributed by atoms with van der Waals surface area (Å²) in [6.07, 6.45) is 4.84. The third kappa shape index (κ3) is 4.20. The third-order valence-electron chi connectivity index (χ3n) is 2.17. The fraction of sp³-hybridized carbons (Fsp3) is 0.400. The Morgan fingerprint density at radius 2 is 2.47 bits per heavy atom. The van der Waals surface area contributed by atoms with Crippen LogP contribution in [0.5, 0.6) is 0 Å². The minimum Gasteiger partial charge on any atom is -0.358 e. The molecule has 0 aliphatic carbocycles. The molecule has 0 aliphatic heterocycles. The Bertz CT molecular complexity index is 456. The standard InChI is InChI=1S/C10H14N6S/c1-7-8(15-6-14-7)3-4-9(17)16-10(12-2)13-5-11/h6H,3-4H2,1-2H3,(H,14,15)(H2,12,13,16,17). The van der Waals surface area contributed by atoms with E-state index in [1.807, 2.05) is 6.92 Å². The van der Waals surface area contributed by atoms with Crippen molar-refractivity contribution in [2.45, 2.75) is 19.8 Å². The van der Waals surface area contributed by atoms with E-state index in [1.165, 1.54) is 0 Å². The Balaban J connectivity index is 2.50. The molecule has 0 saturated heterocycles. The minimum absolute atomic E-state index is 0.360. The van der Waals surface area contributed by atoms with E-state index in [1.54, 1.807) is 19.6 Å². The van der Waals surface area contributed by atoms with E-state index >= 15 is 0 Å². The van der Waals surface area contributed by atoms with Crippen molar-refractivity contribution in [2.24, 2.45) is 4.99 Å². The highest BCUT2D eigenvalue weighted by atomic mass is 32.1. The summed E-state index contributed by atoms with van der Waals surface area (Å²) in [7, 11) is 1.67. The first-order valence-electron chi connectivity index (χ1n) is 5.10. The summed E-state index contributed by atoms with van der Waals surface area (Å²) in [5.74, 6) is 0.360. The van der Waals surface area contributed by atoms with Gasteiger partial charge in [0.05, 0.1) is 12.0 Å². The first-order chi connectivity index (χ1) is 8.17. The number of aliphatic imine (C=N–C) groups is 1. The number of rotatable bonds is 3. The third-order valence-corrected chi connectivity index (χ3v) is 2.47. The number of thiocarbonyl (C=S) groups is 1. The van der Waals surface area contributed by atoms with Crippen LogP contribution < -0.4 is 10.6 Å². The summed E-state index contributed by atoms with van der Waals surface area (Å²) in [5.41, 5.74) is 2.03. The van der Waals surface area contributed by atoms with Crippen LogP contribution in [-0.4, -0.2) is 28.0 Å². The normalized spacial score (nSPS) is 10.8. The number of nitrogens with one attached hydrogen (secondary N) is 3. The van der Waals surface area contributed by atoms with Gasteiger partial charge in [-0.2, -0.15) is 5.26 Å². The van der Waals surface area contributed by atoms with Crippen LogP contribution >= 0.6 is 12.2 Å². The van der Waals surface area contributed by atoms with Gasteiger partial charge < -0.3 is 10.3 Å². The molecule has 0 fully saturated rings. The number of guanidine groups is 1. The van der Waals surface area contributed by atoms with Crippen molar-refractivity contribution < 1.29 is 0 Å². The maximum Gasteiger partial charge on any atom is 0.210 e. The van der Waals surface area contributed by atoms with Crippen LogP contribution in [0, 0.1) is 18.4 Å². The monoisotopic (exact) mass is 250 g/mol. The van der Waals surface area contributed by atoms with Crippen molar-refractivity contribution in [3.63, 3.8) is 0 Å². The lowest BCUT2D eigenvalue weighted by Crippen LogP contribution is -2.32. The Kier molecular flexibility index (Phi) is 5.10. The van der Waals surface area contributed by atoms with E-state index in [-0.39, 0.29) is 0 Å². The summed E-state index contributed by atoms with van der Waals surface area (Å²) in [6, 6.07) is 0.